The zero-order chi connectivity index (χ0) is 10.8. The second-order valence-corrected chi connectivity index (χ2v) is 4.93. The fourth-order valence-electron chi connectivity index (χ4n) is 1.72. The van der Waals surface area contributed by atoms with Crippen LogP contribution in [0.15, 0.2) is 0 Å². The van der Waals surface area contributed by atoms with Crippen LogP contribution in [0.1, 0.15) is 34.1 Å². The summed E-state index contributed by atoms with van der Waals surface area (Å²) in [6.07, 6.45) is 1.05. The largest absolute Gasteiger partial charge is 0.377 e. The molecule has 0 spiro atoms. The van der Waals surface area contributed by atoms with Crippen molar-refractivity contribution in [2.24, 2.45) is 5.41 Å². The second-order valence-electron chi connectivity index (χ2n) is 4.93. The van der Waals surface area contributed by atoms with Gasteiger partial charge in [-0.25, -0.2) is 0 Å². The van der Waals surface area contributed by atoms with E-state index >= 15 is 0 Å². The number of rotatable bonds is 1. The molecule has 1 aliphatic heterocycles. The van der Waals surface area contributed by atoms with Gasteiger partial charge in [-0.05, 0) is 6.42 Å². The molecule has 0 amide bonds. The molecule has 1 heterocycles. The summed E-state index contributed by atoms with van der Waals surface area (Å²) in [7, 11) is 0. The molecular weight excluding hydrogens is 176 g/mol. The van der Waals surface area contributed by atoms with Crippen LogP contribution in [0.5, 0.6) is 0 Å². The molecular formula is C11H22N2O. The van der Waals surface area contributed by atoms with Crippen molar-refractivity contribution in [1.82, 2.24) is 4.90 Å². The average molecular weight is 198 g/mol. The van der Waals surface area contributed by atoms with Gasteiger partial charge in [-0.15, -0.1) is 0 Å². The Hall–Kier alpha value is -0.570. The third kappa shape index (κ3) is 2.47. The van der Waals surface area contributed by atoms with E-state index in [1.807, 2.05) is 0 Å². The molecule has 1 saturated heterocycles. The highest BCUT2D eigenvalue weighted by molar-refractivity contribution is 5.84. The molecule has 0 aromatic carbocycles. The predicted octanol–water partition coefficient (Wildman–Crippen LogP) is 2.12. The van der Waals surface area contributed by atoms with E-state index < -0.39 is 0 Å². The summed E-state index contributed by atoms with van der Waals surface area (Å²) < 4.78 is 5.43. The molecule has 0 bridgehead atoms. The Balaban J connectivity index is 2.69. The van der Waals surface area contributed by atoms with Crippen molar-refractivity contribution < 1.29 is 4.74 Å². The van der Waals surface area contributed by atoms with E-state index in [4.69, 9.17) is 10.1 Å². The number of hydrogen-bond donors (Lipinski definition) is 1. The van der Waals surface area contributed by atoms with Crippen LogP contribution >= 0.6 is 0 Å². The first kappa shape index (κ1) is 11.5. The van der Waals surface area contributed by atoms with Crippen molar-refractivity contribution in [2.75, 3.05) is 19.8 Å². The monoisotopic (exact) mass is 198 g/mol. The Bertz CT molecular complexity index is 208. The van der Waals surface area contributed by atoms with Crippen molar-refractivity contribution in [1.29, 1.82) is 5.41 Å². The van der Waals surface area contributed by atoms with E-state index in [1.165, 1.54) is 0 Å². The topological polar surface area (TPSA) is 36.3 Å². The maximum absolute atomic E-state index is 8.14. The van der Waals surface area contributed by atoms with E-state index in [1.54, 1.807) is 0 Å². The highest BCUT2D eigenvalue weighted by atomic mass is 16.5. The molecule has 3 nitrogen and oxygen atoms in total. The van der Waals surface area contributed by atoms with Crippen LogP contribution in [0.2, 0.25) is 0 Å². The molecule has 1 atom stereocenters. The quantitative estimate of drug-likeness (QED) is 0.517. The van der Waals surface area contributed by atoms with Crippen LogP contribution in [0, 0.1) is 10.8 Å². The lowest BCUT2D eigenvalue weighted by atomic mass is 9.92. The first-order chi connectivity index (χ1) is 6.46. The van der Waals surface area contributed by atoms with Crippen LogP contribution in [0.4, 0.5) is 0 Å². The van der Waals surface area contributed by atoms with E-state index in [9.17, 15) is 0 Å². The van der Waals surface area contributed by atoms with Gasteiger partial charge in [0.1, 0.15) is 5.84 Å². The van der Waals surface area contributed by atoms with Gasteiger partial charge in [-0.2, -0.15) is 0 Å². The number of nitrogens with zero attached hydrogens (tertiary/aromatic N) is 1. The molecule has 3 heteroatoms. The lowest BCUT2D eigenvalue weighted by Gasteiger charge is -2.41. The fraction of sp³-hybridized carbons (Fsp3) is 0.909. The van der Waals surface area contributed by atoms with Gasteiger partial charge in [0.25, 0.3) is 0 Å². The summed E-state index contributed by atoms with van der Waals surface area (Å²) >= 11 is 0. The summed E-state index contributed by atoms with van der Waals surface area (Å²) in [5, 5.41) is 8.14. The Morgan fingerprint density at radius 3 is 2.64 bits per heavy atom. The van der Waals surface area contributed by atoms with Crippen LogP contribution in [0.3, 0.4) is 0 Å². The van der Waals surface area contributed by atoms with Gasteiger partial charge in [-0.1, -0.05) is 27.7 Å². The van der Waals surface area contributed by atoms with Crippen molar-refractivity contribution in [2.45, 2.75) is 40.2 Å². The highest BCUT2D eigenvalue weighted by Crippen LogP contribution is 2.22. The zero-order valence-corrected chi connectivity index (χ0v) is 9.76. The van der Waals surface area contributed by atoms with Gasteiger partial charge in [0, 0.05) is 12.0 Å². The van der Waals surface area contributed by atoms with Gasteiger partial charge in [-0.3, -0.25) is 5.41 Å². The summed E-state index contributed by atoms with van der Waals surface area (Å²) in [5.74, 6) is 0.743. The van der Waals surface area contributed by atoms with Gasteiger partial charge < -0.3 is 9.64 Å². The molecule has 0 aromatic heterocycles. The molecule has 0 aliphatic carbocycles. The standard InChI is InChI=1S/C11H22N2O/c1-5-9-8-14-7-6-13(9)10(12)11(2,3)4/h9,12H,5-8H2,1-4H3. The maximum atomic E-state index is 8.14. The molecule has 1 fully saturated rings. The molecule has 1 unspecified atom stereocenters. The van der Waals surface area contributed by atoms with Crippen molar-refractivity contribution in [3.05, 3.63) is 0 Å². The molecule has 82 valence electrons. The Kier molecular flexibility index (Phi) is 3.53. The minimum atomic E-state index is -0.0508. The summed E-state index contributed by atoms with van der Waals surface area (Å²) in [4.78, 5) is 2.20. The Morgan fingerprint density at radius 2 is 2.14 bits per heavy atom. The first-order valence-corrected chi connectivity index (χ1v) is 5.40. The van der Waals surface area contributed by atoms with Crippen LogP contribution < -0.4 is 0 Å². The lowest BCUT2D eigenvalue weighted by molar-refractivity contribution is 0.0211. The average Bonchev–Trinajstić information content (AvgIpc) is 2.15. The zero-order valence-electron chi connectivity index (χ0n) is 9.76. The number of hydrogen-bond acceptors (Lipinski definition) is 2. The molecule has 14 heavy (non-hydrogen) atoms. The van der Waals surface area contributed by atoms with Crippen LogP contribution in [-0.4, -0.2) is 36.5 Å². The number of ether oxygens (including phenoxy) is 1. The Morgan fingerprint density at radius 1 is 1.50 bits per heavy atom. The number of morpholine rings is 1. The lowest BCUT2D eigenvalue weighted by Crippen LogP contribution is -2.51. The molecule has 0 radical (unpaired) electrons. The number of nitrogens with one attached hydrogen (secondary N) is 1. The molecule has 0 saturated carbocycles. The number of amidine groups is 1. The second kappa shape index (κ2) is 4.30. The summed E-state index contributed by atoms with van der Waals surface area (Å²) in [6.45, 7) is 10.8. The minimum absolute atomic E-state index is 0.0508. The fourth-order valence-corrected chi connectivity index (χ4v) is 1.72. The highest BCUT2D eigenvalue weighted by Gasteiger charge is 2.29. The minimum Gasteiger partial charge on any atom is -0.377 e. The molecule has 0 aromatic rings. The van der Waals surface area contributed by atoms with E-state index in [-0.39, 0.29) is 5.41 Å². The smallest absolute Gasteiger partial charge is 0.102 e. The first-order valence-electron chi connectivity index (χ1n) is 5.40. The van der Waals surface area contributed by atoms with E-state index in [2.05, 4.69) is 32.6 Å². The third-order valence-corrected chi connectivity index (χ3v) is 2.70. The van der Waals surface area contributed by atoms with Crippen molar-refractivity contribution in [3.8, 4) is 0 Å². The van der Waals surface area contributed by atoms with Crippen molar-refractivity contribution >= 4 is 5.84 Å². The maximum Gasteiger partial charge on any atom is 0.102 e. The van der Waals surface area contributed by atoms with Gasteiger partial charge >= 0.3 is 0 Å². The van der Waals surface area contributed by atoms with Crippen LogP contribution in [-0.2, 0) is 4.74 Å². The normalized spacial score (nSPS) is 23.7. The van der Waals surface area contributed by atoms with Crippen molar-refractivity contribution in [3.63, 3.8) is 0 Å². The van der Waals surface area contributed by atoms with E-state index in [0.29, 0.717) is 6.04 Å². The SMILES string of the molecule is CCC1COCCN1C(=N)C(C)(C)C. The van der Waals surface area contributed by atoms with Gasteiger partial charge in [0.15, 0.2) is 0 Å². The summed E-state index contributed by atoms with van der Waals surface area (Å²) in [5.41, 5.74) is -0.0508. The predicted molar refractivity (Wildman–Crippen MR) is 58.8 cm³/mol. The van der Waals surface area contributed by atoms with E-state index in [0.717, 1.165) is 32.0 Å². The molecule has 1 rings (SSSR count). The van der Waals surface area contributed by atoms with Crippen LogP contribution in [0.25, 0.3) is 0 Å². The molecule has 1 aliphatic rings. The van der Waals surface area contributed by atoms with Gasteiger partial charge in [0.2, 0.25) is 0 Å². The van der Waals surface area contributed by atoms with Gasteiger partial charge in [0.05, 0.1) is 19.3 Å². The third-order valence-electron chi connectivity index (χ3n) is 2.70. The summed E-state index contributed by atoms with van der Waals surface area (Å²) in [6, 6.07) is 0.399. The molecule has 1 N–H and O–H groups in total. The Labute approximate surface area is 86.9 Å².